The van der Waals surface area contributed by atoms with Crippen molar-refractivity contribution in [3.63, 3.8) is 0 Å². The fourth-order valence-electron chi connectivity index (χ4n) is 2.25. The standard InChI is InChI=1S/C12H15NO3/c1-13(2)5-11-8-3-4-10-12(16-7-15-10)9(8)6-14-11/h3-4,11H,5-7H2,1-2H3. The number of benzene rings is 1. The highest BCUT2D eigenvalue weighted by molar-refractivity contribution is 5.53. The maximum atomic E-state index is 5.78. The normalized spacial score (nSPS) is 21.6. The van der Waals surface area contributed by atoms with E-state index in [1.165, 1.54) is 5.56 Å². The predicted octanol–water partition coefficient (Wildman–Crippen LogP) is 1.55. The Balaban J connectivity index is 1.96. The third-order valence-electron chi connectivity index (χ3n) is 2.99. The summed E-state index contributed by atoms with van der Waals surface area (Å²) in [5.41, 5.74) is 2.39. The Labute approximate surface area is 94.7 Å². The van der Waals surface area contributed by atoms with E-state index in [1.807, 2.05) is 20.2 Å². The minimum absolute atomic E-state index is 0.152. The second kappa shape index (κ2) is 3.64. The van der Waals surface area contributed by atoms with E-state index < -0.39 is 0 Å². The lowest BCUT2D eigenvalue weighted by atomic mass is 10.0. The number of ether oxygens (including phenoxy) is 3. The Bertz CT molecular complexity index is 417. The van der Waals surface area contributed by atoms with Gasteiger partial charge in [-0.1, -0.05) is 6.07 Å². The average molecular weight is 221 g/mol. The molecule has 3 rings (SSSR count). The van der Waals surface area contributed by atoms with Crippen LogP contribution in [0.15, 0.2) is 12.1 Å². The van der Waals surface area contributed by atoms with Crippen molar-refractivity contribution in [1.29, 1.82) is 0 Å². The molecule has 1 atom stereocenters. The summed E-state index contributed by atoms with van der Waals surface area (Å²) < 4.78 is 16.6. The lowest BCUT2D eigenvalue weighted by molar-refractivity contribution is 0.0469. The summed E-state index contributed by atoms with van der Waals surface area (Å²) in [5, 5.41) is 0. The number of fused-ring (bicyclic) bond motifs is 3. The predicted molar refractivity (Wildman–Crippen MR) is 58.6 cm³/mol. The Kier molecular flexibility index (Phi) is 2.26. The van der Waals surface area contributed by atoms with Crippen molar-refractivity contribution < 1.29 is 14.2 Å². The molecule has 0 fully saturated rings. The second-order valence-electron chi connectivity index (χ2n) is 4.43. The first-order valence-corrected chi connectivity index (χ1v) is 5.43. The van der Waals surface area contributed by atoms with Gasteiger partial charge in [0.1, 0.15) is 0 Å². The average Bonchev–Trinajstić information content (AvgIpc) is 2.82. The van der Waals surface area contributed by atoms with E-state index in [0.717, 1.165) is 23.6 Å². The Morgan fingerprint density at radius 1 is 1.31 bits per heavy atom. The fourth-order valence-corrected chi connectivity index (χ4v) is 2.25. The molecule has 0 amide bonds. The molecular formula is C12H15NO3. The zero-order chi connectivity index (χ0) is 11.1. The monoisotopic (exact) mass is 221 g/mol. The molecule has 0 spiro atoms. The van der Waals surface area contributed by atoms with Gasteiger partial charge in [-0.25, -0.2) is 0 Å². The zero-order valence-corrected chi connectivity index (χ0v) is 9.53. The molecule has 0 aromatic heterocycles. The van der Waals surface area contributed by atoms with Crippen LogP contribution < -0.4 is 9.47 Å². The van der Waals surface area contributed by atoms with E-state index >= 15 is 0 Å². The fraction of sp³-hybridized carbons (Fsp3) is 0.500. The van der Waals surface area contributed by atoms with Crippen LogP contribution in [0.2, 0.25) is 0 Å². The van der Waals surface area contributed by atoms with Gasteiger partial charge in [0.2, 0.25) is 6.79 Å². The maximum absolute atomic E-state index is 5.78. The number of nitrogens with zero attached hydrogens (tertiary/aromatic N) is 1. The molecule has 1 aromatic rings. The van der Waals surface area contributed by atoms with Crippen LogP contribution in [0, 0.1) is 0 Å². The summed E-state index contributed by atoms with van der Waals surface area (Å²) in [7, 11) is 4.10. The summed E-state index contributed by atoms with van der Waals surface area (Å²) >= 11 is 0. The van der Waals surface area contributed by atoms with Gasteiger partial charge in [-0.05, 0) is 25.7 Å². The summed E-state index contributed by atoms with van der Waals surface area (Å²) in [6.07, 6.45) is 0.152. The van der Waals surface area contributed by atoms with Crippen molar-refractivity contribution in [2.45, 2.75) is 12.7 Å². The van der Waals surface area contributed by atoms with Gasteiger partial charge in [-0.3, -0.25) is 0 Å². The molecule has 16 heavy (non-hydrogen) atoms. The van der Waals surface area contributed by atoms with Gasteiger partial charge in [0.15, 0.2) is 11.5 Å². The van der Waals surface area contributed by atoms with E-state index in [1.54, 1.807) is 0 Å². The van der Waals surface area contributed by atoms with Gasteiger partial charge < -0.3 is 19.1 Å². The molecule has 86 valence electrons. The van der Waals surface area contributed by atoms with Gasteiger partial charge in [0.05, 0.1) is 12.7 Å². The van der Waals surface area contributed by atoms with Crippen LogP contribution in [0.5, 0.6) is 11.5 Å². The van der Waals surface area contributed by atoms with Gasteiger partial charge >= 0.3 is 0 Å². The van der Waals surface area contributed by atoms with Crippen LogP contribution in [-0.2, 0) is 11.3 Å². The molecule has 1 unspecified atom stereocenters. The Morgan fingerprint density at radius 2 is 2.19 bits per heavy atom. The molecular weight excluding hydrogens is 206 g/mol. The minimum Gasteiger partial charge on any atom is -0.454 e. The third kappa shape index (κ3) is 1.45. The Hall–Kier alpha value is -1.26. The van der Waals surface area contributed by atoms with Crippen molar-refractivity contribution >= 4 is 0 Å². The van der Waals surface area contributed by atoms with Crippen molar-refractivity contribution in [3.8, 4) is 11.5 Å². The topological polar surface area (TPSA) is 30.9 Å². The van der Waals surface area contributed by atoms with E-state index in [4.69, 9.17) is 14.2 Å². The maximum Gasteiger partial charge on any atom is 0.231 e. The summed E-state index contributed by atoms with van der Waals surface area (Å²) in [5.74, 6) is 1.71. The van der Waals surface area contributed by atoms with Crippen LogP contribution in [0.4, 0.5) is 0 Å². The van der Waals surface area contributed by atoms with Gasteiger partial charge in [-0.2, -0.15) is 0 Å². The molecule has 0 radical (unpaired) electrons. The second-order valence-corrected chi connectivity index (χ2v) is 4.43. The largest absolute Gasteiger partial charge is 0.454 e. The Morgan fingerprint density at radius 3 is 3.00 bits per heavy atom. The van der Waals surface area contributed by atoms with Gasteiger partial charge in [0, 0.05) is 12.1 Å². The van der Waals surface area contributed by atoms with E-state index in [-0.39, 0.29) is 6.10 Å². The highest BCUT2D eigenvalue weighted by Gasteiger charge is 2.30. The van der Waals surface area contributed by atoms with Crippen LogP contribution in [0.25, 0.3) is 0 Å². The number of hydrogen-bond acceptors (Lipinski definition) is 4. The molecule has 0 aliphatic carbocycles. The number of hydrogen-bond donors (Lipinski definition) is 0. The van der Waals surface area contributed by atoms with Gasteiger partial charge in [0.25, 0.3) is 0 Å². The van der Waals surface area contributed by atoms with Crippen LogP contribution >= 0.6 is 0 Å². The highest BCUT2D eigenvalue weighted by Crippen LogP contribution is 2.44. The molecule has 0 bridgehead atoms. The number of rotatable bonds is 2. The first kappa shape index (κ1) is 9.93. The van der Waals surface area contributed by atoms with E-state index in [0.29, 0.717) is 13.4 Å². The molecule has 4 heteroatoms. The van der Waals surface area contributed by atoms with Crippen LogP contribution in [0.3, 0.4) is 0 Å². The van der Waals surface area contributed by atoms with E-state index in [2.05, 4.69) is 11.0 Å². The van der Waals surface area contributed by atoms with Crippen LogP contribution in [0.1, 0.15) is 17.2 Å². The molecule has 2 aliphatic rings. The molecule has 4 nitrogen and oxygen atoms in total. The summed E-state index contributed by atoms with van der Waals surface area (Å²) in [4.78, 5) is 2.13. The minimum atomic E-state index is 0.152. The summed E-state index contributed by atoms with van der Waals surface area (Å²) in [6.45, 7) is 1.84. The van der Waals surface area contributed by atoms with Crippen molar-refractivity contribution in [1.82, 2.24) is 4.90 Å². The molecule has 2 aliphatic heterocycles. The van der Waals surface area contributed by atoms with Crippen molar-refractivity contribution in [2.75, 3.05) is 27.4 Å². The molecule has 1 aromatic carbocycles. The van der Waals surface area contributed by atoms with E-state index in [9.17, 15) is 0 Å². The van der Waals surface area contributed by atoms with Crippen molar-refractivity contribution in [2.24, 2.45) is 0 Å². The smallest absolute Gasteiger partial charge is 0.231 e. The number of likely N-dealkylation sites (N-methyl/N-ethyl adjacent to an activating group) is 1. The van der Waals surface area contributed by atoms with Crippen LogP contribution in [-0.4, -0.2) is 32.3 Å². The molecule has 0 N–H and O–H groups in total. The quantitative estimate of drug-likeness (QED) is 0.758. The molecule has 0 saturated heterocycles. The molecule has 2 heterocycles. The van der Waals surface area contributed by atoms with Gasteiger partial charge in [-0.15, -0.1) is 0 Å². The SMILES string of the molecule is CN(C)CC1OCc2c1ccc1c2OCO1. The summed E-state index contributed by atoms with van der Waals surface area (Å²) in [6, 6.07) is 4.06. The first-order valence-electron chi connectivity index (χ1n) is 5.43. The first-order chi connectivity index (χ1) is 7.75. The highest BCUT2D eigenvalue weighted by atomic mass is 16.7. The molecule has 0 saturated carbocycles. The lowest BCUT2D eigenvalue weighted by Crippen LogP contribution is -2.19. The zero-order valence-electron chi connectivity index (χ0n) is 9.53. The lowest BCUT2D eigenvalue weighted by Gasteiger charge is -2.16. The third-order valence-corrected chi connectivity index (χ3v) is 2.99. The van der Waals surface area contributed by atoms with Crippen molar-refractivity contribution in [3.05, 3.63) is 23.3 Å².